The Balaban J connectivity index is 1.61. The number of hydrogen-bond donors (Lipinski definition) is 3. The Morgan fingerprint density at radius 1 is 0.969 bits per heavy atom. The van der Waals surface area contributed by atoms with Gasteiger partial charge in [-0.1, -0.05) is 69.7 Å². The summed E-state index contributed by atoms with van der Waals surface area (Å²) < 4.78 is 24.6. The van der Waals surface area contributed by atoms with E-state index in [1.807, 2.05) is 24.3 Å². The maximum atomic E-state index is 12.9. The lowest BCUT2D eigenvalue weighted by atomic mass is 10.1. The van der Waals surface area contributed by atoms with Crippen LogP contribution < -0.4 is 16.2 Å². The third kappa shape index (κ3) is 4.73. The average molecular weight is 529 g/mol. The highest BCUT2D eigenvalue weighted by atomic mass is 79.9. The normalized spacial score (nSPS) is 11.3. The highest BCUT2D eigenvalue weighted by Crippen LogP contribution is 2.32. The number of carbonyl (C=O) groups excluding carboxylic acids is 1. The third-order valence-corrected chi connectivity index (χ3v) is 6.94. The molecule has 0 saturated carbocycles. The van der Waals surface area contributed by atoms with E-state index in [0.717, 1.165) is 21.4 Å². The molecule has 10 heteroatoms. The minimum absolute atomic E-state index is 0.0376. The molecule has 0 unspecified atom stereocenters. The second kappa shape index (κ2) is 8.83. The summed E-state index contributed by atoms with van der Waals surface area (Å²) in [6.45, 7) is 0. The maximum absolute atomic E-state index is 12.9. The van der Waals surface area contributed by atoms with Gasteiger partial charge in [0.2, 0.25) is 10.0 Å². The van der Waals surface area contributed by atoms with Gasteiger partial charge in [-0.25, -0.2) is 18.5 Å². The molecule has 0 spiro atoms. The molecule has 1 aromatic heterocycles. The molecule has 0 bridgehead atoms. The second-order valence-corrected chi connectivity index (χ2v) is 10.3. The number of anilines is 2. The Hall–Kier alpha value is -3.05. The molecule has 7 nitrogen and oxygen atoms in total. The Labute approximate surface area is 197 Å². The highest BCUT2D eigenvalue weighted by molar-refractivity contribution is 9.10. The highest BCUT2D eigenvalue weighted by Gasteiger charge is 2.19. The van der Waals surface area contributed by atoms with E-state index in [-0.39, 0.29) is 10.8 Å². The van der Waals surface area contributed by atoms with Crippen molar-refractivity contribution in [1.82, 2.24) is 4.98 Å². The summed E-state index contributed by atoms with van der Waals surface area (Å²) in [6.07, 6.45) is 0. The number of halogens is 1. The quantitative estimate of drug-likeness (QED) is 0.345. The zero-order valence-corrected chi connectivity index (χ0v) is 19.7. The van der Waals surface area contributed by atoms with E-state index in [9.17, 15) is 13.2 Å². The predicted molar refractivity (Wildman–Crippen MR) is 131 cm³/mol. The van der Waals surface area contributed by atoms with Crippen LogP contribution in [0.3, 0.4) is 0 Å². The van der Waals surface area contributed by atoms with Gasteiger partial charge in [0.1, 0.15) is 4.88 Å². The van der Waals surface area contributed by atoms with Crippen LogP contribution in [0.1, 0.15) is 9.67 Å². The summed E-state index contributed by atoms with van der Waals surface area (Å²) in [5.41, 5.74) is 8.84. The molecule has 0 aliphatic carbocycles. The number of benzene rings is 3. The molecule has 0 radical (unpaired) electrons. The van der Waals surface area contributed by atoms with Crippen molar-refractivity contribution in [3.63, 3.8) is 0 Å². The fraction of sp³-hybridized carbons (Fsp3) is 0. The number of carbonyl (C=O) groups is 1. The van der Waals surface area contributed by atoms with Crippen molar-refractivity contribution in [3.05, 3.63) is 82.1 Å². The van der Waals surface area contributed by atoms with E-state index < -0.39 is 10.0 Å². The first kappa shape index (κ1) is 22.2. The largest absolute Gasteiger partial charge is 0.375 e. The van der Waals surface area contributed by atoms with Gasteiger partial charge in [-0.3, -0.25) is 4.79 Å². The Morgan fingerprint density at radius 2 is 1.69 bits per heavy atom. The number of nitrogen functional groups attached to an aromatic ring is 1. The standard InChI is InChI=1S/C22H17BrN4O3S2/c23-15-5-3-4-14(12-15)19-20(31-22(24)27-19)21(28)26-16-10-8-13(9-11-16)17-6-1-2-7-18(17)32(25,29)30/h1-12H,(H2,24,27)(H,26,28)(H2,25,29,30). The number of primary sulfonamides is 1. The Morgan fingerprint density at radius 3 is 2.38 bits per heavy atom. The van der Waals surface area contributed by atoms with Crippen molar-refractivity contribution in [1.29, 1.82) is 0 Å². The van der Waals surface area contributed by atoms with Crippen LogP contribution >= 0.6 is 27.3 Å². The van der Waals surface area contributed by atoms with Crippen LogP contribution in [-0.2, 0) is 10.0 Å². The molecule has 0 fully saturated rings. The number of hydrogen-bond acceptors (Lipinski definition) is 6. The molecule has 1 heterocycles. The number of nitrogens with one attached hydrogen (secondary N) is 1. The SMILES string of the molecule is Nc1nc(-c2cccc(Br)c2)c(C(=O)Nc2ccc(-c3ccccc3S(N)(=O)=O)cc2)s1. The second-order valence-electron chi connectivity index (χ2n) is 6.81. The van der Waals surface area contributed by atoms with Gasteiger partial charge in [-0.15, -0.1) is 0 Å². The molecule has 4 rings (SSSR count). The van der Waals surface area contributed by atoms with Gasteiger partial charge in [0.05, 0.1) is 10.6 Å². The molecule has 0 saturated heterocycles. The fourth-order valence-electron chi connectivity index (χ4n) is 3.20. The van der Waals surface area contributed by atoms with Crippen LogP contribution in [0.25, 0.3) is 22.4 Å². The Kier molecular flexibility index (Phi) is 6.11. The topological polar surface area (TPSA) is 128 Å². The third-order valence-electron chi connectivity index (χ3n) is 4.60. The first-order valence-corrected chi connectivity index (χ1v) is 12.4. The lowest BCUT2D eigenvalue weighted by Crippen LogP contribution is -2.13. The van der Waals surface area contributed by atoms with Gasteiger partial charge in [-0.2, -0.15) is 0 Å². The maximum Gasteiger partial charge on any atom is 0.268 e. The van der Waals surface area contributed by atoms with E-state index in [2.05, 4.69) is 26.2 Å². The van der Waals surface area contributed by atoms with Gasteiger partial charge in [-0.05, 0) is 35.9 Å². The van der Waals surface area contributed by atoms with Crippen LogP contribution in [0.2, 0.25) is 0 Å². The van der Waals surface area contributed by atoms with Crippen molar-refractivity contribution in [2.75, 3.05) is 11.1 Å². The lowest BCUT2D eigenvalue weighted by Gasteiger charge is -2.10. The molecule has 5 N–H and O–H groups in total. The van der Waals surface area contributed by atoms with Gasteiger partial charge in [0, 0.05) is 21.3 Å². The van der Waals surface area contributed by atoms with Gasteiger partial charge in [0.15, 0.2) is 5.13 Å². The van der Waals surface area contributed by atoms with Crippen molar-refractivity contribution < 1.29 is 13.2 Å². The zero-order chi connectivity index (χ0) is 22.9. The minimum Gasteiger partial charge on any atom is -0.375 e. The Bertz CT molecular complexity index is 1420. The molecular formula is C22H17BrN4O3S2. The number of sulfonamides is 1. The molecule has 1 amide bonds. The van der Waals surface area contributed by atoms with Crippen LogP contribution in [0.4, 0.5) is 10.8 Å². The number of amides is 1. The van der Waals surface area contributed by atoms with E-state index in [1.165, 1.54) is 6.07 Å². The first-order valence-electron chi connectivity index (χ1n) is 9.28. The number of aromatic nitrogens is 1. The van der Waals surface area contributed by atoms with Crippen molar-refractivity contribution in [2.45, 2.75) is 4.90 Å². The average Bonchev–Trinajstić information content (AvgIpc) is 3.16. The van der Waals surface area contributed by atoms with Gasteiger partial charge >= 0.3 is 0 Å². The molecule has 3 aromatic carbocycles. The van der Waals surface area contributed by atoms with E-state index in [4.69, 9.17) is 10.9 Å². The zero-order valence-electron chi connectivity index (χ0n) is 16.4. The van der Waals surface area contributed by atoms with Crippen LogP contribution in [0, 0.1) is 0 Å². The number of rotatable bonds is 5. The molecule has 32 heavy (non-hydrogen) atoms. The van der Waals surface area contributed by atoms with Crippen LogP contribution in [0.15, 0.2) is 82.2 Å². The fourth-order valence-corrected chi connectivity index (χ4v) is 5.11. The first-order chi connectivity index (χ1) is 15.2. The van der Waals surface area contributed by atoms with Crippen LogP contribution in [0.5, 0.6) is 0 Å². The van der Waals surface area contributed by atoms with Gasteiger partial charge in [0.25, 0.3) is 5.91 Å². The minimum atomic E-state index is -3.87. The van der Waals surface area contributed by atoms with E-state index in [1.54, 1.807) is 42.5 Å². The summed E-state index contributed by atoms with van der Waals surface area (Å²) in [7, 11) is -3.87. The lowest BCUT2D eigenvalue weighted by molar-refractivity contribution is 0.103. The summed E-state index contributed by atoms with van der Waals surface area (Å²) in [5.74, 6) is -0.341. The number of thiazole rings is 1. The van der Waals surface area contributed by atoms with E-state index >= 15 is 0 Å². The summed E-state index contributed by atoms with van der Waals surface area (Å²) in [4.78, 5) is 17.7. The van der Waals surface area contributed by atoms with Gasteiger partial charge < -0.3 is 11.1 Å². The molecular weight excluding hydrogens is 512 g/mol. The van der Waals surface area contributed by atoms with Crippen molar-refractivity contribution in [2.24, 2.45) is 5.14 Å². The van der Waals surface area contributed by atoms with E-state index in [0.29, 0.717) is 32.5 Å². The summed E-state index contributed by atoms with van der Waals surface area (Å²) in [5, 5.41) is 8.46. The summed E-state index contributed by atoms with van der Waals surface area (Å²) >= 11 is 4.53. The molecule has 0 atom stereocenters. The summed E-state index contributed by atoms with van der Waals surface area (Å²) in [6, 6.07) is 20.8. The smallest absolute Gasteiger partial charge is 0.268 e. The van der Waals surface area contributed by atoms with Crippen molar-refractivity contribution in [3.8, 4) is 22.4 Å². The molecule has 0 aliphatic rings. The molecule has 0 aliphatic heterocycles. The molecule has 4 aromatic rings. The predicted octanol–water partition coefficient (Wildman–Crippen LogP) is 4.72. The number of nitrogens with zero attached hydrogens (tertiary/aromatic N) is 1. The van der Waals surface area contributed by atoms with Crippen LogP contribution in [-0.4, -0.2) is 19.3 Å². The molecule has 162 valence electrons. The monoisotopic (exact) mass is 528 g/mol. The number of nitrogens with two attached hydrogens (primary N) is 2. The van der Waals surface area contributed by atoms with Crippen molar-refractivity contribution >= 4 is 54.0 Å².